The van der Waals surface area contributed by atoms with E-state index in [1.54, 1.807) is 12.4 Å². The van der Waals surface area contributed by atoms with Crippen LogP contribution in [0.25, 0.3) is 0 Å². The molecule has 7 heteroatoms. The van der Waals surface area contributed by atoms with Gasteiger partial charge in [0.15, 0.2) is 0 Å². The van der Waals surface area contributed by atoms with E-state index in [1.807, 2.05) is 0 Å². The zero-order valence-electron chi connectivity index (χ0n) is 12.4. The Morgan fingerprint density at radius 2 is 1.59 bits per heavy atom. The summed E-state index contributed by atoms with van der Waals surface area (Å²) in [5.41, 5.74) is 1.09. The van der Waals surface area contributed by atoms with Gasteiger partial charge in [0.2, 0.25) is 0 Å². The number of hydrogen-bond donors (Lipinski definition) is 1. The summed E-state index contributed by atoms with van der Waals surface area (Å²) in [4.78, 5) is 6.66. The van der Waals surface area contributed by atoms with Crippen molar-refractivity contribution in [1.29, 1.82) is 0 Å². The van der Waals surface area contributed by atoms with E-state index in [2.05, 4.69) is 15.2 Å². The molecule has 1 aromatic heterocycles. The van der Waals surface area contributed by atoms with Gasteiger partial charge >= 0.3 is 0 Å². The third-order valence-electron chi connectivity index (χ3n) is 4.58. The van der Waals surface area contributed by atoms with Crippen LogP contribution in [0.3, 0.4) is 0 Å². The van der Waals surface area contributed by atoms with Crippen LogP contribution in [0.15, 0.2) is 12.4 Å². The smallest absolute Gasteiger partial charge is 0.0652 e. The third-order valence-corrected chi connectivity index (χ3v) is 5.18. The predicted octanol–water partition coefficient (Wildman–Crippen LogP) is 4.37. The van der Waals surface area contributed by atoms with Crippen LogP contribution >= 0.6 is 48.0 Å². The lowest BCUT2D eigenvalue weighted by Gasteiger charge is -2.39. The fourth-order valence-electron chi connectivity index (χ4n) is 3.65. The fourth-order valence-corrected chi connectivity index (χ4v) is 4.24. The number of piperazine rings is 1. The van der Waals surface area contributed by atoms with Gasteiger partial charge in [-0.1, -0.05) is 36.0 Å². The van der Waals surface area contributed by atoms with Gasteiger partial charge in [-0.05, 0) is 18.8 Å². The fraction of sp³-hybridized carbons (Fsp3) is 0.667. The van der Waals surface area contributed by atoms with Gasteiger partial charge in [-0.2, -0.15) is 0 Å². The summed E-state index contributed by atoms with van der Waals surface area (Å²) in [6, 6.07) is 0.350. The summed E-state index contributed by atoms with van der Waals surface area (Å²) in [7, 11) is 0. The minimum Gasteiger partial charge on any atom is -0.314 e. The summed E-state index contributed by atoms with van der Waals surface area (Å²) in [6.45, 7) is 4.22. The highest BCUT2D eigenvalue weighted by molar-refractivity contribution is 6.35. The van der Waals surface area contributed by atoms with Crippen LogP contribution in [0.4, 0.5) is 0 Å². The number of halogens is 4. The van der Waals surface area contributed by atoms with Crippen molar-refractivity contribution in [1.82, 2.24) is 15.2 Å². The van der Waals surface area contributed by atoms with E-state index in [0.29, 0.717) is 22.0 Å². The summed E-state index contributed by atoms with van der Waals surface area (Å²) >= 11 is 12.9. The molecule has 3 nitrogen and oxygen atoms in total. The zero-order valence-corrected chi connectivity index (χ0v) is 15.6. The molecule has 1 aromatic rings. The van der Waals surface area contributed by atoms with Gasteiger partial charge in [-0.25, -0.2) is 0 Å². The average molecular weight is 387 g/mol. The van der Waals surface area contributed by atoms with E-state index in [4.69, 9.17) is 23.2 Å². The van der Waals surface area contributed by atoms with Gasteiger partial charge in [-0.15, -0.1) is 24.8 Å². The van der Waals surface area contributed by atoms with Crippen molar-refractivity contribution >= 4 is 48.0 Å². The standard InChI is InChI=1S/C15H21Cl2N3.2ClH/c16-12-9-19-10-13(17)14(12)15(11-3-1-2-4-11)20-7-5-18-6-8-20;;/h9-11,15,18H,1-8H2;2*1H/t15-;;/m1../s1. The van der Waals surface area contributed by atoms with E-state index in [1.165, 1.54) is 25.7 Å². The maximum absolute atomic E-state index is 6.43. The molecule has 0 unspecified atom stereocenters. The SMILES string of the molecule is Cl.Cl.Clc1cncc(Cl)c1[C@@H](C1CCCC1)N1CCNCC1. The van der Waals surface area contributed by atoms with Crippen LogP contribution in [-0.4, -0.2) is 36.1 Å². The first kappa shape index (κ1) is 20.3. The van der Waals surface area contributed by atoms with E-state index in [0.717, 1.165) is 31.7 Å². The average Bonchev–Trinajstić information content (AvgIpc) is 2.98. The number of aromatic nitrogens is 1. The normalized spacial score (nSPS) is 21.0. The van der Waals surface area contributed by atoms with E-state index in [9.17, 15) is 0 Å². The highest BCUT2D eigenvalue weighted by Gasteiger charge is 2.34. The van der Waals surface area contributed by atoms with Crippen molar-refractivity contribution < 1.29 is 0 Å². The van der Waals surface area contributed by atoms with E-state index >= 15 is 0 Å². The minimum absolute atomic E-state index is 0. The Balaban J connectivity index is 0.00000121. The molecule has 1 saturated heterocycles. The lowest BCUT2D eigenvalue weighted by Crippen LogP contribution is -2.46. The van der Waals surface area contributed by atoms with Crippen LogP contribution < -0.4 is 5.32 Å². The van der Waals surface area contributed by atoms with Crippen molar-refractivity contribution in [2.24, 2.45) is 5.92 Å². The second-order valence-electron chi connectivity index (χ2n) is 5.79. The molecular formula is C15H23Cl4N3. The first-order valence-corrected chi connectivity index (χ1v) is 8.26. The molecule has 1 N–H and O–H groups in total. The molecule has 2 aliphatic rings. The molecule has 22 heavy (non-hydrogen) atoms. The molecule has 126 valence electrons. The number of nitrogens with zero attached hydrogens (tertiary/aromatic N) is 2. The largest absolute Gasteiger partial charge is 0.314 e. The highest BCUT2D eigenvalue weighted by atomic mass is 35.5. The number of nitrogens with one attached hydrogen (secondary N) is 1. The maximum Gasteiger partial charge on any atom is 0.0652 e. The van der Waals surface area contributed by atoms with Gasteiger partial charge in [0, 0.05) is 50.2 Å². The van der Waals surface area contributed by atoms with Gasteiger partial charge in [0.1, 0.15) is 0 Å². The van der Waals surface area contributed by atoms with Crippen molar-refractivity contribution in [3.05, 3.63) is 28.0 Å². The van der Waals surface area contributed by atoms with Crippen molar-refractivity contribution in [2.45, 2.75) is 31.7 Å². The van der Waals surface area contributed by atoms with Crippen LogP contribution in [0.5, 0.6) is 0 Å². The summed E-state index contributed by atoms with van der Waals surface area (Å²) in [5, 5.41) is 4.85. The Bertz CT molecular complexity index is 440. The predicted molar refractivity (Wildman–Crippen MR) is 97.9 cm³/mol. The van der Waals surface area contributed by atoms with E-state index in [-0.39, 0.29) is 24.8 Å². The molecule has 0 radical (unpaired) electrons. The molecule has 0 amide bonds. The summed E-state index contributed by atoms with van der Waals surface area (Å²) < 4.78 is 0. The highest BCUT2D eigenvalue weighted by Crippen LogP contribution is 2.44. The van der Waals surface area contributed by atoms with Crippen molar-refractivity contribution in [3.8, 4) is 0 Å². The summed E-state index contributed by atoms with van der Waals surface area (Å²) in [6.07, 6.45) is 8.67. The second-order valence-corrected chi connectivity index (χ2v) is 6.61. The summed E-state index contributed by atoms with van der Waals surface area (Å²) in [5.74, 6) is 0.672. The molecule has 0 bridgehead atoms. The Morgan fingerprint density at radius 1 is 1.05 bits per heavy atom. The number of hydrogen-bond acceptors (Lipinski definition) is 3. The topological polar surface area (TPSA) is 28.2 Å². The Morgan fingerprint density at radius 3 is 2.14 bits per heavy atom. The maximum atomic E-state index is 6.43. The van der Waals surface area contributed by atoms with Crippen LogP contribution in [-0.2, 0) is 0 Å². The van der Waals surface area contributed by atoms with Gasteiger partial charge in [-0.3, -0.25) is 9.88 Å². The van der Waals surface area contributed by atoms with E-state index < -0.39 is 0 Å². The van der Waals surface area contributed by atoms with Gasteiger partial charge in [0.05, 0.1) is 10.0 Å². The Labute approximate surface area is 155 Å². The molecule has 0 spiro atoms. The number of pyridine rings is 1. The van der Waals surface area contributed by atoms with Crippen LogP contribution in [0.2, 0.25) is 10.0 Å². The lowest BCUT2D eigenvalue weighted by molar-refractivity contribution is 0.125. The first-order valence-electron chi connectivity index (χ1n) is 7.51. The van der Waals surface area contributed by atoms with Crippen molar-refractivity contribution in [2.75, 3.05) is 26.2 Å². The third kappa shape index (κ3) is 4.40. The molecule has 2 heterocycles. The molecule has 2 fully saturated rings. The minimum atomic E-state index is 0. The molecule has 3 rings (SSSR count). The molecular weight excluding hydrogens is 364 g/mol. The zero-order chi connectivity index (χ0) is 13.9. The van der Waals surface area contributed by atoms with Crippen molar-refractivity contribution in [3.63, 3.8) is 0 Å². The van der Waals surface area contributed by atoms with Gasteiger partial charge < -0.3 is 5.32 Å². The van der Waals surface area contributed by atoms with Crippen LogP contribution in [0.1, 0.15) is 37.3 Å². The molecule has 1 aliphatic carbocycles. The first-order chi connectivity index (χ1) is 9.77. The Kier molecular flexibility index (Phi) is 8.76. The lowest BCUT2D eigenvalue weighted by atomic mass is 9.90. The second kappa shape index (κ2) is 9.51. The quantitative estimate of drug-likeness (QED) is 0.835. The van der Waals surface area contributed by atoms with Crippen LogP contribution in [0, 0.1) is 5.92 Å². The Hall–Kier alpha value is 0.230. The number of rotatable bonds is 3. The van der Waals surface area contributed by atoms with Gasteiger partial charge in [0.25, 0.3) is 0 Å². The molecule has 1 saturated carbocycles. The molecule has 1 aliphatic heterocycles. The molecule has 0 aromatic carbocycles. The molecule has 1 atom stereocenters. The monoisotopic (exact) mass is 385 g/mol.